The molecule has 0 saturated carbocycles. The zero-order valence-electron chi connectivity index (χ0n) is 19.2. The summed E-state index contributed by atoms with van der Waals surface area (Å²) in [6, 6.07) is 12.7. The van der Waals surface area contributed by atoms with Gasteiger partial charge in [0.25, 0.3) is 0 Å². The van der Waals surface area contributed by atoms with E-state index >= 15 is 0 Å². The first-order chi connectivity index (χ1) is 15.1. The molecule has 6 nitrogen and oxygen atoms in total. The van der Waals surface area contributed by atoms with Crippen LogP contribution in [0.5, 0.6) is 5.75 Å². The zero-order valence-corrected chi connectivity index (χ0v) is 20.1. The number of carboxylic acid groups (broad SMARTS) is 1. The summed E-state index contributed by atoms with van der Waals surface area (Å²) in [7, 11) is -3.73. The van der Waals surface area contributed by atoms with Crippen molar-refractivity contribution in [2.45, 2.75) is 70.4 Å². The van der Waals surface area contributed by atoms with Gasteiger partial charge in [-0.2, -0.15) is 4.31 Å². The molecule has 0 fully saturated rings. The molecule has 1 N–H and O–H groups in total. The highest BCUT2D eigenvalue weighted by molar-refractivity contribution is 7.89. The lowest BCUT2D eigenvalue weighted by Crippen LogP contribution is -2.35. The molecule has 0 aliphatic carbocycles. The Morgan fingerprint density at radius 3 is 2.59 bits per heavy atom. The van der Waals surface area contributed by atoms with E-state index in [1.165, 1.54) is 4.31 Å². The lowest BCUT2D eigenvalue weighted by atomic mass is 9.87. The van der Waals surface area contributed by atoms with E-state index in [1.54, 1.807) is 24.3 Å². The van der Waals surface area contributed by atoms with Crippen LogP contribution >= 0.6 is 0 Å². The molecule has 7 heteroatoms. The first kappa shape index (κ1) is 24.3. The molecule has 0 bridgehead atoms. The fourth-order valence-electron chi connectivity index (χ4n) is 4.13. The van der Waals surface area contributed by atoms with Crippen molar-refractivity contribution in [3.63, 3.8) is 0 Å². The number of para-hydroxylation sites is 1. The molecular formula is C25H33NO5S. The number of fused-ring (bicyclic) bond motifs is 1. The smallest absolute Gasteiger partial charge is 0.303 e. The molecule has 1 aliphatic heterocycles. The number of carboxylic acids is 1. The minimum atomic E-state index is -3.73. The molecule has 0 radical (unpaired) electrons. The van der Waals surface area contributed by atoms with Gasteiger partial charge < -0.3 is 9.84 Å². The summed E-state index contributed by atoms with van der Waals surface area (Å²) in [6.07, 6.45) is 1.50. The Bertz CT molecular complexity index is 1060. The lowest BCUT2D eigenvalue weighted by Gasteiger charge is -2.24. The maximum Gasteiger partial charge on any atom is 0.303 e. The highest BCUT2D eigenvalue weighted by Gasteiger charge is 2.33. The average molecular weight is 460 g/mol. The van der Waals surface area contributed by atoms with Crippen LogP contribution in [0.15, 0.2) is 47.4 Å². The average Bonchev–Trinajstić information content (AvgIpc) is 2.80. The molecule has 0 aromatic heterocycles. The van der Waals surface area contributed by atoms with Crippen LogP contribution in [0.25, 0.3) is 0 Å². The van der Waals surface area contributed by atoms with Crippen LogP contribution in [0, 0.1) is 12.8 Å². The number of benzene rings is 2. The van der Waals surface area contributed by atoms with Crippen molar-refractivity contribution >= 4 is 16.0 Å². The van der Waals surface area contributed by atoms with Gasteiger partial charge in [-0.05, 0) is 60.9 Å². The van der Waals surface area contributed by atoms with E-state index in [0.717, 1.165) is 29.5 Å². The minimum absolute atomic E-state index is 0.0650. The first-order valence-corrected chi connectivity index (χ1v) is 12.6. The molecule has 3 rings (SSSR count). The quantitative estimate of drug-likeness (QED) is 0.603. The SMILES string of the molecule is Cc1ccc(C(CCC(C)C)CC(=O)O)cc1CN1CC(C)Oc2ccccc2S1(=O)=O. The van der Waals surface area contributed by atoms with Crippen LogP contribution in [-0.2, 0) is 21.4 Å². The van der Waals surface area contributed by atoms with Gasteiger partial charge in [-0.1, -0.05) is 50.6 Å². The highest BCUT2D eigenvalue weighted by Crippen LogP contribution is 2.33. The molecule has 0 saturated heterocycles. The molecule has 2 unspecified atom stereocenters. The predicted octanol–water partition coefficient (Wildman–Crippen LogP) is 4.96. The van der Waals surface area contributed by atoms with Crippen molar-refractivity contribution in [2.24, 2.45) is 5.92 Å². The molecule has 1 aliphatic rings. The number of sulfonamides is 1. The third-order valence-corrected chi connectivity index (χ3v) is 7.81. The summed E-state index contributed by atoms with van der Waals surface area (Å²) < 4.78 is 34.1. The van der Waals surface area contributed by atoms with Crippen molar-refractivity contribution in [3.8, 4) is 5.75 Å². The summed E-state index contributed by atoms with van der Waals surface area (Å²) in [5.74, 6) is -0.0558. The van der Waals surface area contributed by atoms with Gasteiger partial charge in [-0.3, -0.25) is 4.79 Å². The van der Waals surface area contributed by atoms with Gasteiger partial charge in [-0.15, -0.1) is 0 Å². The second-order valence-electron chi connectivity index (χ2n) is 9.12. The summed E-state index contributed by atoms with van der Waals surface area (Å²) >= 11 is 0. The molecule has 2 aromatic carbocycles. The fourth-order valence-corrected chi connectivity index (χ4v) is 5.74. The van der Waals surface area contributed by atoms with E-state index in [9.17, 15) is 18.3 Å². The Labute approximate surface area is 191 Å². The van der Waals surface area contributed by atoms with E-state index < -0.39 is 16.0 Å². The van der Waals surface area contributed by atoms with Crippen LogP contribution in [0.3, 0.4) is 0 Å². The minimum Gasteiger partial charge on any atom is -0.488 e. The van der Waals surface area contributed by atoms with Crippen LogP contribution < -0.4 is 4.74 Å². The zero-order chi connectivity index (χ0) is 23.5. The van der Waals surface area contributed by atoms with Crippen LogP contribution in [0.2, 0.25) is 0 Å². The van der Waals surface area contributed by atoms with Gasteiger partial charge >= 0.3 is 5.97 Å². The molecule has 1 heterocycles. The van der Waals surface area contributed by atoms with Gasteiger partial charge in [0, 0.05) is 6.54 Å². The summed E-state index contributed by atoms with van der Waals surface area (Å²) in [5.41, 5.74) is 2.82. The first-order valence-electron chi connectivity index (χ1n) is 11.1. The van der Waals surface area contributed by atoms with E-state index in [1.807, 2.05) is 32.0 Å². The van der Waals surface area contributed by atoms with Gasteiger partial charge in [0.15, 0.2) is 0 Å². The molecular weight excluding hydrogens is 426 g/mol. The van der Waals surface area contributed by atoms with E-state index in [2.05, 4.69) is 13.8 Å². The van der Waals surface area contributed by atoms with E-state index in [-0.39, 0.29) is 36.4 Å². The fraction of sp³-hybridized carbons (Fsp3) is 0.480. The van der Waals surface area contributed by atoms with Crippen LogP contribution in [0.1, 0.15) is 62.6 Å². The maximum absolute atomic E-state index is 13.4. The number of aryl methyl sites for hydroxylation is 1. The molecule has 2 aromatic rings. The largest absolute Gasteiger partial charge is 0.488 e. The van der Waals surface area contributed by atoms with Crippen LogP contribution in [-0.4, -0.2) is 36.4 Å². The topological polar surface area (TPSA) is 83.9 Å². The highest BCUT2D eigenvalue weighted by atomic mass is 32.2. The number of aliphatic carboxylic acids is 1. The third-order valence-electron chi connectivity index (χ3n) is 5.96. The van der Waals surface area contributed by atoms with Crippen LogP contribution in [0.4, 0.5) is 0 Å². The third kappa shape index (κ3) is 5.70. The number of hydrogen-bond donors (Lipinski definition) is 1. The summed E-state index contributed by atoms with van der Waals surface area (Å²) in [6.45, 7) is 8.54. The number of hydrogen-bond acceptors (Lipinski definition) is 4. The van der Waals surface area contributed by atoms with Crippen molar-refractivity contribution < 1.29 is 23.1 Å². The molecule has 2 atom stereocenters. The van der Waals surface area contributed by atoms with E-state index in [0.29, 0.717) is 11.7 Å². The summed E-state index contributed by atoms with van der Waals surface area (Å²) in [4.78, 5) is 11.7. The molecule has 32 heavy (non-hydrogen) atoms. The van der Waals surface area contributed by atoms with Crippen molar-refractivity contribution in [3.05, 3.63) is 59.2 Å². The standard InChI is InChI=1S/C25H33NO5S/c1-17(2)9-11-21(14-25(27)28)20-12-10-18(3)22(13-20)16-26-15-19(4)31-23-7-5-6-8-24(23)32(26,29)30/h5-8,10,12-13,17,19,21H,9,11,14-16H2,1-4H3,(H,27,28). The Morgan fingerprint density at radius 1 is 1.19 bits per heavy atom. The predicted molar refractivity (Wildman–Crippen MR) is 124 cm³/mol. The van der Waals surface area contributed by atoms with Crippen molar-refractivity contribution in [1.82, 2.24) is 4.31 Å². The Hall–Kier alpha value is -2.38. The summed E-state index contributed by atoms with van der Waals surface area (Å²) in [5, 5.41) is 9.42. The normalized spacial score (nSPS) is 19.1. The number of nitrogens with zero attached hydrogens (tertiary/aromatic N) is 1. The second kappa shape index (κ2) is 10.0. The molecule has 0 spiro atoms. The van der Waals surface area contributed by atoms with Gasteiger partial charge in [0.1, 0.15) is 16.7 Å². The number of rotatable bonds is 8. The van der Waals surface area contributed by atoms with E-state index in [4.69, 9.17) is 4.74 Å². The Morgan fingerprint density at radius 2 is 1.91 bits per heavy atom. The Balaban J connectivity index is 1.93. The number of carbonyl (C=O) groups is 1. The molecule has 0 amide bonds. The van der Waals surface area contributed by atoms with Gasteiger partial charge in [0.2, 0.25) is 10.0 Å². The van der Waals surface area contributed by atoms with Gasteiger partial charge in [0.05, 0.1) is 13.0 Å². The number of ether oxygens (including phenoxy) is 1. The Kier molecular flexibility index (Phi) is 7.62. The molecule has 174 valence electrons. The lowest BCUT2D eigenvalue weighted by molar-refractivity contribution is -0.137. The second-order valence-corrected chi connectivity index (χ2v) is 11.0. The monoisotopic (exact) mass is 459 g/mol. The van der Waals surface area contributed by atoms with Gasteiger partial charge in [-0.25, -0.2) is 8.42 Å². The maximum atomic E-state index is 13.4. The van der Waals surface area contributed by atoms with Crippen molar-refractivity contribution in [2.75, 3.05) is 6.54 Å². The van der Waals surface area contributed by atoms with Crippen molar-refractivity contribution in [1.29, 1.82) is 0 Å².